The highest BCUT2D eigenvalue weighted by Gasteiger charge is 2.12. The molecule has 0 saturated carbocycles. The summed E-state index contributed by atoms with van der Waals surface area (Å²) in [5, 5.41) is 13.0. The molecule has 0 atom stereocenters. The van der Waals surface area contributed by atoms with Gasteiger partial charge in [0, 0.05) is 31.2 Å². The molecule has 0 spiro atoms. The fourth-order valence-corrected chi connectivity index (χ4v) is 2.92. The number of carbonyl (C=O) groups is 1. The molecule has 1 saturated heterocycles. The van der Waals surface area contributed by atoms with Gasteiger partial charge in [0.15, 0.2) is 0 Å². The van der Waals surface area contributed by atoms with Crippen molar-refractivity contribution in [3.63, 3.8) is 0 Å². The average Bonchev–Trinajstić information content (AvgIpc) is 2.64. The molecule has 0 bridgehead atoms. The number of nitrogens with one attached hydrogen (secondary N) is 1. The van der Waals surface area contributed by atoms with Crippen molar-refractivity contribution in [3.8, 4) is 5.75 Å². The van der Waals surface area contributed by atoms with E-state index in [9.17, 15) is 9.90 Å². The zero-order chi connectivity index (χ0) is 17.6. The van der Waals surface area contributed by atoms with Gasteiger partial charge in [-0.2, -0.15) is 0 Å². The quantitative estimate of drug-likeness (QED) is 0.860. The Morgan fingerprint density at radius 2 is 1.80 bits per heavy atom. The zero-order valence-electron chi connectivity index (χ0n) is 13.9. The highest BCUT2D eigenvalue weighted by Crippen LogP contribution is 2.21. The Kier molecular flexibility index (Phi) is 5.91. The lowest BCUT2D eigenvalue weighted by Crippen LogP contribution is -2.35. The van der Waals surface area contributed by atoms with E-state index in [1.165, 1.54) is 17.7 Å². The number of halogens is 1. The summed E-state index contributed by atoms with van der Waals surface area (Å²) in [5.74, 6) is -0.430. The van der Waals surface area contributed by atoms with Crippen LogP contribution in [-0.2, 0) is 17.8 Å². The van der Waals surface area contributed by atoms with E-state index >= 15 is 0 Å². The fourth-order valence-electron chi connectivity index (χ4n) is 2.75. The van der Waals surface area contributed by atoms with E-state index in [1.54, 1.807) is 6.07 Å². The molecule has 25 heavy (non-hydrogen) atoms. The van der Waals surface area contributed by atoms with E-state index in [2.05, 4.69) is 22.3 Å². The number of nitrogens with zero attached hydrogens (tertiary/aromatic N) is 1. The van der Waals surface area contributed by atoms with Crippen LogP contribution in [-0.4, -0.2) is 42.2 Å². The molecule has 2 N–H and O–H groups in total. The van der Waals surface area contributed by atoms with Gasteiger partial charge in [0.25, 0.3) is 5.91 Å². The predicted molar refractivity (Wildman–Crippen MR) is 96.8 cm³/mol. The molecule has 0 unspecified atom stereocenters. The molecule has 6 heteroatoms. The van der Waals surface area contributed by atoms with E-state index in [4.69, 9.17) is 16.3 Å². The van der Waals surface area contributed by atoms with Gasteiger partial charge in [0.1, 0.15) is 5.75 Å². The van der Waals surface area contributed by atoms with Gasteiger partial charge >= 0.3 is 0 Å². The molecule has 1 heterocycles. The van der Waals surface area contributed by atoms with Crippen LogP contribution in [0.1, 0.15) is 21.5 Å². The minimum atomic E-state index is -0.350. The summed E-state index contributed by atoms with van der Waals surface area (Å²) in [6, 6.07) is 12.6. The minimum Gasteiger partial charge on any atom is -0.507 e. The third-order valence-electron chi connectivity index (χ3n) is 4.19. The second kappa shape index (κ2) is 8.34. The van der Waals surface area contributed by atoms with Crippen molar-refractivity contribution >= 4 is 17.5 Å². The summed E-state index contributed by atoms with van der Waals surface area (Å²) in [5.41, 5.74) is 2.42. The summed E-state index contributed by atoms with van der Waals surface area (Å²) in [4.78, 5) is 14.5. The van der Waals surface area contributed by atoms with Crippen LogP contribution in [0.4, 0.5) is 0 Å². The molecule has 0 aromatic heterocycles. The average molecular weight is 361 g/mol. The fraction of sp³-hybridized carbons (Fsp3) is 0.316. The smallest absolute Gasteiger partial charge is 0.255 e. The molecule has 1 aliphatic heterocycles. The zero-order valence-corrected chi connectivity index (χ0v) is 14.6. The maximum absolute atomic E-state index is 12.2. The maximum atomic E-state index is 12.2. The summed E-state index contributed by atoms with van der Waals surface area (Å²) in [6.45, 7) is 4.80. The van der Waals surface area contributed by atoms with Crippen molar-refractivity contribution < 1.29 is 14.6 Å². The molecule has 3 rings (SSSR count). The third kappa shape index (κ3) is 4.95. The Morgan fingerprint density at radius 1 is 1.12 bits per heavy atom. The number of ether oxygens (including phenoxy) is 1. The topological polar surface area (TPSA) is 61.8 Å². The minimum absolute atomic E-state index is 0.0808. The third-order valence-corrected chi connectivity index (χ3v) is 4.42. The van der Waals surface area contributed by atoms with Crippen LogP contribution in [0.15, 0.2) is 42.5 Å². The molecular formula is C19H21ClN2O3. The van der Waals surface area contributed by atoms with E-state index in [0.29, 0.717) is 11.6 Å². The number of rotatable bonds is 5. The number of carbonyl (C=O) groups excluding carboxylic acids is 1. The Hall–Kier alpha value is -2.08. The van der Waals surface area contributed by atoms with Crippen molar-refractivity contribution in [1.82, 2.24) is 10.2 Å². The molecule has 1 aliphatic rings. The Bertz CT molecular complexity index is 728. The molecule has 0 aliphatic carbocycles. The number of morpholine rings is 1. The van der Waals surface area contributed by atoms with Gasteiger partial charge in [-0.05, 0) is 29.3 Å². The Labute approximate surface area is 152 Å². The summed E-state index contributed by atoms with van der Waals surface area (Å²) in [6.07, 6.45) is 0. The lowest BCUT2D eigenvalue weighted by atomic mass is 10.1. The molecule has 0 radical (unpaired) electrons. The van der Waals surface area contributed by atoms with E-state index < -0.39 is 0 Å². The van der Waals surface area contributed by atoms with Crippen LogP contribution >= 0.6 is 11.6 Å². The molecule has 132 valence electrons. The van der Waals surface area contributed by atoms with Crippen molar-refractivity contribution in [3.05, 3.63) is 64.2 Å². The van der Waals surface area contributed by atoms with Crippen molar-refractivity contribution in [2.45, 2.75) is 13.1 Å². The number of hydrogen-bond donors (Lipinski definition) is 2. The first-order chi connectivity index (χ1) is 12.1. The molecular weight excluding hydrogens is 340 g/mol. The van der Waals surface area contributed by atoms with Crippen LogP contribution < -0.4 is 5.32 Å². The van der Waals surface area contributed by atoms with Crippen molar-refractivity contribution in [1.29, 1.82) is 0 Å². The van der Waals surface area contributed by atoms with Gasteiger partial charge in [-0.15, -0.1) is 0 Å². The highest BCUT2D eigenvalue weighted by molar-refractivity contribution is 6.31. The van der Waals surface area contributed by atoms with Crippen LogP contribution in [0.3, 0.4) is 0 Å². The standard InChI is InChI=1S/C19H21ClN2O3/c20-16-5-6-18(23)17(11-16)19(24)21-12-14-1-3-15(4-2-14)13-22-7-9-25-10-8-22/h1-6,11,23H,7-10,12-13H2,(H,21,24). The molecule has 1 fully saturated rings. The largest absolute Gasteiger partial charge is 0.507 e. The van der Waals surface area contributed by atoms with E-state index in [0.717, 1.165) is 38.4 Å². The normalized spacial score (nSPS) is 15.1. The maximum Gasteiger partial charge on any atom is 0.255 e. The van der Waals surface area contributed by atoms with Crippen molar-refractivity contribution in [2.75, 3.05) is 26.3 Å². The number of amides is 1. The van der Waals surface area contributed by atoms with E-state index in [-0.39, 0.29) is 17.2 Å². The molecule has 2 aromatic rings. The lowest BCUT2D eigenvalue weighted by molar-refractivity contribution is 0.0342. The molecule has 2 aromatic carbocycles. The van der Waals surface area contributed by atoms with Gasteiger partial charge in [0.05, 0.1) is 18.8 Å². The van der Waals surface area contributed by atoms with Crippen LogP contribution in [0.25, 0.3) is 0 Å². The number of hydrogen-bond acceptors (Lipinski definition) is 4. The highest BCUT2D eigenvalue weighted by atomic mass is 35.5. The van der Waals surface area contributed by atoms with E-state index in [1.807, 2.05) is 12.1 Å². The van der Waals surface area contributed by atoms with Crippen LogP contribution in [0.5, 0.6) is 5.75 Å². The van der Waals surface area contributed by atoms with Gasteiger partial charge < -0.3 is 15.2 Å². The molecule has 1 amide bonds. The monoisotopic (exact) mass is 360 g/mol. The second-order valence-electron chi connectivity index (χ2n) is 6.05. The number of benzene rings is 2. The second-order valence-corrected chi connectivity index (χ2v) is 6.49. The summed E-state index contributed by atoms with van der Waals surface area (Å²) < 4.78 is 5.36. The number of phenols is 1. The molecule has 5 nitrogen and oxygen atoms in total. The summed E-state index contributed by atoms with van der Waals surface area (Å²) >= 11 is 5.87. The number of phenolic OH excluding ortho intramolecular Hbond substituents is 1. The summed E-state index contributed by atoms with van der Waals surface area (Å²) in [7, 11) is 0. The first-order valence-electron chi connectivity index (χ1n) is 8.26. The van der Waals surface area contributed by atoms with Gasteiger partial charge in [-0.25, -0.2) is 0 Å². The lowest BCUT2D eigenvalue weighted by Gasteiger charge is -2.26. The van der Waals surface area contributed by atoms with Crippen molar-refractivity contribution in [2.24, 2.45) is 0 Å². The Balaban J connectivity index is 1.54. The predicted octanol–water partition coefficient (Wildman–Crippen LogP) is 2.81. The van der Waals surface area contributed by atoms with Crippen LogP contribution in [0.2, 0.25) is 5.02 Å². The SMILES string of the molecule is O=C(NCc1ccc(CN2CCOCC2)cc1)c1cc(Cl)ccc1O. The first kappa shape index (κ1) is 17.7. The first-order valence-corrected chi connectivity index (χ1v) is 8.64. The Morgan fingerprint density at radius 3 is 2.52 bits per heavy atom. The van der Waals surface area contributed by atoms with Crippen LogP contribution in [0, 0.1) is 0 Å². The number of aromatic hydroxyl groups is 1. The van der Waals surface area contributed by atoms with Gasteiger partial charge in [-0.1, -0.05) is 35.9 Å². The van der Waals surface area contributed by atoms with Gasteiger partial charge in [-0.3, -0.25) is 9.69 Å². The van der Waals surface area contributed by atoms with Gasteiger partial charge in [0.2, 0.25) is 0 Å².